The Kier molecular flexibility index (Phi) is 4.88. The third kappa shape index (κ3) is 3.51. The van der Waals surface area contributed by atoms with E-state index in [1.807, 2.05) is 48.5 Å². The minimum absolute atomic E-state index is 0.110. The molecule has 1 heterocycles. The minimum atomic E-state index is -1.11. The molecule has 2 aromatic carbocycles. The van der Waals surface area contributed by atoms with Gasteiger partial charge < -0.3 is 19.7 Å². The van der Waals surface area contributed by atoms with E-state index in [-0.39, 0.29) is 18.1 Å². The first kappa shape index (κ1) is 18.3. The Hall–Kier alpha value is -3.12. The third-order valence-electron chi connectivity index (χ3n) is 5.19. The number of rotatable bonds is 5. The molecule has 1 aromatic heterocycles. The number of methoxy groups -OCH3 is 1. The number of carbonyl (C=O) groups excluding carboxylic acids is 1. The smallest absolute Gasteiger partial charge is 0.273 e. The highest BCUT2D eigenvalue weighted by Gasteiger charge is 2.35. The summed E-state index contributed by atoms with van der Waals surface area (Å²) in [6.45, 7) is 0.110. The summed E-state index contributed by atoms with van der Waals surface area (Å²) < 4.78 is 10.6. The molecule has 0 unspecified atom stereocenters. The molecule has 1 aliphatic rings. The SMILES string of the molecule is COc1ccc2c(c1)CCC[C@@]2(O)CNC(=O)c1cc(-c2ccccc2)on1. The molecule has 0 saturated heterocycles. The van der Waals surface area contributed by atoms with Crippen molar-refractivity contribution in [3.8, 4) is 17.1 Å². The third-order valence-corrected chi connectivity index (χ3v) is 5.19. The van der Waals surface area contributed by atoms with Crippen LogP contribution in [0.3, 0.4) is 0 Å². The fourth-order valence-electron chi connectivity index (χ4n) is 3.69. The first-order valence-electron chi connectivity index (χ1n) is 9.29. The lowest BCUT2D eigenvalue weighted by Crippen LogP contribution is -2.43. The molecule has 28 heavy (non-hydrogen) atoms. The summed E-state index contributed by atoms with van der Waals surface area (Å²) >= 11 is 0. The maximum atomic E-state index is 12.5. The Morgan fingerprint density at radius 1 is 1.25 bits per heavy atom. The normalized spacial score (nSPS) is 18.4. The van der Waals surface area contributed by atoms with Crippen LogP contribution in [0.5, 0.6) is 5.75 Å². The molecule has 4 rings (SSSR count). The van der Waals surface area contributed by atoms with E-state index in [0.717, 1.165) is 35.3 Å². The molecule has 6 heteroatoms. The molecule has 0 fully saturated rings. The van der Waals surface area contributed by atoms with Gasteiger partial charge in [0.25, 0.3) is 5.91 Å². The highest BCUT2D eigenvalue weighted by molar-refractivity contribution is 5.93. The molecule has 3 aromatic rings. The second-order valence-corrected chi connectivity index (χ2v) is 7.03. The lowest BCUT2D eigenvalue weighted by molar-refractivity contribution is 0.0188. The van der Waals surface area contributed by atoms with Gasteiger partial charge in [0.05, 0.1) is 13.7 Å². The second-order valence-electron chi connectivity index (χ2n) is 7.03. The van der Waals surface area contributed by atoms with Gasteiger partial charge in [-0.3, -0.25) is 4.79 Å². The van der Waals surface area contributed by atoms with Gasteiger partial charge in [-0.1, -0.05) is 41.6 Å². The van der Waals surface area contributed by atoms with Crippen LogP contribution in [-0.4, -0.2) is 29.8 Å². The summed E-state index contributed by atoms with van der Waals surface area (Å²) in [4.78, 5) is 12.5. The zero-order valence-corrected chi connectivity index (χ0v) is 15.6. The fourth-order valence-corrected chi connectivity index (χ4v) is 3.69. The van der Waals surface area contributed by atoms with Crippen LogP contribution in [-0.2, 0) is 12.0 Å². The summed E-state index contributed by atoms with van der Waals surface area (Å²) in [6, 6.07) is 16.7. The minimum Gasteiger partial charge on any atom is -0.497 e. The van der Waals surface area contributed by atoms with Gasteiger partial charge in [-0.15, -0.1) is 0 Å². The van der Waals surface area contributed by atoms with E-state index in [9.17, 15) is 9.90 Å². The number of fused-ring (bicyclic) bond motifs is 1. The molecule has 0 aliphatic heterocycles. The van der Waals surface area contributed by atoms with Gasteiger partial charge in [-0.2, -0.15) is 0 Å². The Balaban J connectivity index is 1.48. The van der Waals surface area contributed by atoms with Crippen LogP contribution in [0.1, 0.15) is 34.5 Å². The zero-order chi connectivity index (χ0) is 19.6. The van der Waals surface area contributed by atoms with Crippen molar-refractivity contribution in [3.05, 3.63) is 71.4 Å². The van der Waals surface area contributed by atoms with Crippen molar-refractivity contribution in [3.63, 3.8) is 0 Å². The summed E-state index contributed by atoms with van der Waals surface area (Å²) in [5, 5.41) is 17.8. The first-order valence-corrected chi connectivity index (χ1v) is 9.29. The van der Waals surface area contributed by atoms with E-state index in [1.54, 1.807) is 13.2 Å². The van der Waals surface area contributed by atoms with Crippen LogP contribution >= 0.6 is 0 Å². The molecule has 1 aliphatic carbocycles. The molecule has 1 atom stereocenters. The molecule has 0 spiro atoms. The highest BCUT2D eigenvalue weighted by Crippen LogP contribution is 2.36. The Bertz CT molecular complexity index is 983. The predicted molar refractivity (Wildman–Crippen MR) is 104 cm³/mol. The lowest BCUT2D eigenvalue weighted by atomic mass is 9.79. The van der Waals surface area contributed by atoms with E-state index in [2.05, 4.69) is 10.5 Å². The average molecular weight is 378 g/mol. The molecule has 0 bridgehead atoms. The maximum Gasteiger partial charge on any atom is 0.273 e. The molecular weight excluding hydrogens is 356 g/mol. The highest BCUT2D eigenvalue weighted by atomic mass is 16.5. The number of aryl methyl sites for hydroxylation is 1. The number of benzene rings is 2. The van der Waals surface area contributed by atoms with Gasteiger partial charge in [0.1, 0.15) is 11.4 Å². The molecule has 1 amide bonds. The van der Waals surface area contributed by atoms with E-state index in [1.165, 1.54) is 0 Å². The van der Waals surface area contributed by atoms with Crippen molar-refractivity contribution in [1.82, 2.24) is 10.5 Å². The lowest BCUT2D eigenvalue weighted by Gasteiger charge is -2.34. The van der Waals surface area contributed by atoms with Gasteiger partial charge in [-0.25, -0.2) is 0 Å². The quantitative estimate of drug-likeness (QED) is 0.712. The Labute approximate surface area is 163 Å². The number of aromatic nitrogens is 1. The topological polar surface area (TPSA) is 84.6 Å². The van der Waals surface area contributed by atoms with Crippen molar-refractivity contribution in [1.29, 1.82) is 0 Å². The molecule has 2 N–H and O–H groups in total. The summed E-state index contributed by atoms with van der Waals surface area (Å²) in [5.74, 6) is 0.919. The van der Waals surface area contributed by atoms with Crippen LogP contribution < -0.4 is 10.1 Å². The average Bonchev–Trinajstić information content (AvgIpc) is 3.23. The van der Waals surface area contributed by atoms with Crippen LogP contribution in [0.4, 0.5) is 0 Å². The monoisotopic (exact) mass is 378 g/mol. The number of nitrogens with one attached hydrogen (secondary N) is 1. The van der Waals surface area contributed by atoms with Crippen molar-refractivity contribution in [2.24, 2.45) is 0 Å². The summed E-state index contributed by atoms with van der Waals surface area (Å²) in [5.41, 5.74) is 1.82. The van der Waals surface area contributed by atoms with E-state index in [4.69, 9.17) is 9.26 Å². The van der Waals surface area contributed by atoms with E-state index >= 15 is 0 Å². The number of nitrogens with zero attached hydrogens (tertiary/aromatic N) is 1. The number of ether oxygens (including phenoxy) is 1. The van der Waals surface area contributed by atoms with Crippen molar-refractivity contribution < 1.29 is 19.2 Å². The molecular formula is C22H22N2O4. The Morgan fingerprint density at radius 2 is 2.07 bits per heavy atom. The van der Waals surface area contributed by atoms with Crippen LogP contribution in [0.15, 0.2) is 59.1 Å². The van der Waals surface area contributed by atoms with Gasteiger partial charge in [0.15, 0.2) is 11.5 Å². The maximum absolute atomic E-state index is 12.5. The number of hydrogen-bond donors (Lipinski definition) is 2. The standard InChI is InChI=1S/C22H22N2O4/c1-27-17-9-10-18-16(12-17)8-5-11-22(18,26)14-23-21(25)19-13-20(28-24-19)15-6-3-2-4-7-15/h2-4,6-7,9-10,12-13,26H,5,8,11,14H2,1H3,(H,23,25)/t22-/m1/s1. The van der Waals surface area contributed by atoms with E-state index < -0.39 is 5.60 Å². The largest absolute Gasteiger partial charge is 0.497 e. The van der Waals surface area contributed by atoms with Crippen LogP contribution in [0.25, 0.3) is 11.3 Å². The predicted octanol–water partition coefficient (Wildman–Crippen LogP) is 3.30. The van der Waals surface area contributed by atoms with Crippen molar-refractivity contribution in [2.45, 2.75) is 24.9 Å². The number of aliphatic hydroxyl groups is 1. The summed E-state index contributed by atoms with van der Waals surface area (Å²) in [6.07, 6.45) is 2.31. The van der Waals surface area contributed by atoms with Crippen molar-refractivity contribution in [2.75, 3.05) is 13.7 Å². The second kappa shape index (κ2) is 7.48. The van der Waals surface area contributed by atoms with Gasteiger partial charge in [0, 0.05) is 11.6 Å². The Morgan fingerprint density at radius 3 is 2.86 bits per heavy atom. The number of hydrogen-bond acceptors (Lipinski definition) is 5. The molecule has 6 nitrogen and oxygen atoms in total. The zero-order valence-electron chi connectivity index (χ0n) is 15.6. The molecule has 0 radical (unpaired) electrons. The van der Waals surface area contributed by atoms with Crippen molar-refractivity contribution >= 4 is 5.91 Å². The molecule has 0 saturated carbocycles. The van der Waals surface area contributed by atoms with Crippen LogP contribution in [0.2, 0.25) is 0 Å². The van der Waals surface area contributed by atoms with E-state index in [0.29, 0.717) is 12.2 Å². The summed E-state index contributed by atoms with van der Waals surface area (Å²) in [7, 11) is 1.62. The van der Waals surface area contributed by atoms with Gasteiger partial charge in [-0.05, 0) is 42.5 Å². The van der Waals surface area contributed by atoms with Crippen LogP contribution in [0, 0.1) is 0 Å². The molecule has 144 valence electrons. The fraction of sp³-hybridized carbons (Fsp3) is 0.273. The van der Waals surface area contributed by atoms with Gasteiger partial charge in [0.2, 0.25) is 0 Å². The first-order chi connectivity index (χ1) is 13.6. The number of carbonyl (C=O) groups is 1. The number of amides is 1. The van der Waals surface area contributed by atoms with Gasteiger partial charge >= 0.3 is 0 Å².